The second-order valence-electron chi connectivity index (χ2n) is 2.90. The van der Waals surface area contributed by atoms with Gasteiger partial charge in [-0.25, -0.2) is 17.6 Å². The Morgan fingerprint density at radius 2 is 1.11 bits per heavy atom. The summed E-state index contributed by atoms with van der Waals surface area (Å²) in [5.74, 6) is -12.1. The van der Waals surface area contributed by atoms with E-state index in [0.717, 1.165) is 0 Å². The first kappa shape index (κ1) is 14.7. The molecule has 1 aromatic carbocycles. The minimum Gasteiger partial charge on any atom is -0.203 e. The topological polar surface area (TPSA) is 34.1 Å². The zero-order valence-electron chi connectivity index (χ0n) is 7.75. The van der Waals surface area contributed by atoms with E-state index < -0.39 is 50.1 Å². The van der Waals surface area contributed by atoms with Gasteiger partial charge in [0.05, 0.1) is 0 Å². The smallest absolute Gasteiger partial charge is 0.203 e. The number of rotatable bonds is 1. The highest BCUT2D eigenvalue weighted by atomic mass is 32.3. The van der Waals surface area contributed by atoms with E-state index in [0.29, 0.717) is 0 Å². The van der Waals surface area contributed by atoms with Crippen molar-refractivity contribution in [2.24, 2.45) is 0 Å². The van der Waals surface area contributed by atoms with Crippen molar-refractivity contribution >= 4 is 10.2 Å². The van der Waals surface area contributed by atoms with Crippen LogP contribution in [0.3, 0.4) is 0 Å². The molecule has 0 aliphatic rings. The first-order valence-electron chi connectivity index (χ1n) is 3.76. The molecule has 0 N–H and O–H groups in total. The summed E-state index contributed by atoms with van der Waals surface area (Å²) >= 11 is 0. The van der Waals surface area contributed by atoms with E-state index in [-0.39, 0.29) is 0 Å². The average molecular weight is 300 g/mol. The van der Waals surface area contributed by atoms with E-state index in [2.05, 4.69) is 0 Å². The highest BCUT2D eigenvalue weighted by Crippen LogP contribution is 2.38. The Morgan fingerprint density at radius 3 is 1.33 bits per heavy atom. The molecule has 0 aliphatic heterocycles. The fourth-order valence-electron chi connectivity index (χ4n) is 1.07. The number of benzene rings is 1. The van der Waals surface area contributed by atoms with Gasteiger partial charge in [0.2, 0.25) is 0 Å². The van der Waals surface area contributed by atoms with Crippen molar-refractivity contribution < 1.29 is 43.0 Å². The van der Waals surface area contributed by atoms with Gasteiger partial charge >= 0.3 is 16.4 Å². The Balaban J connectivity index is 3.90. The largest absolute Gasteiger partial charge is 0.422 e. The highest BCUT2D eigenvalue weighted by Gasteiger charge is 2.44. The Labute approximate surface area is 94.0 Å². The summed E-state index contributed by atoms with van der Waals surface area (Å²) in [6.07, 6.45) is -5.82. The molecular weight excluding hydrogens is 300 g/mol. The van der Waals surface area contributed by atoms with Crippen molar-refractivity contribution in [2.75, 3.05) is 0 Å². The van der Waals surface area contributed by atoms with Crippen LogP contribution in [-0.2, 0) is 16.4 Å². The summed E-state index contributed by atoms with van der Waals surface area (Å²) in [6.45, 7) is 0. The van der Waals surface area contributed by atoms with Gasteiger partial charge in [-0.1, -0.05) is 0 Å². The van der Waals surface area contributed by atoms with Gasteiger partial charge in [0.15, 0.2) is 28.2 Å². The van der Waals surface area contributed by atoms with Crippen molar-refractivity contribution in [3.8, 4) is 0 Å². The molecule has 1 rings (SSSR count). The molecule has 102 valence electrons. The molecule has 0 bridgehead atoms. The average Bonchev–Trinajstić information content (AvgIpc) is 2.10. The second-order valence-corrected chi connectivity index (χ2v) is 4.18. The molecule has 0 amide bonds. The van der Waals surface area contributed by atoms with Crippen LogP contribution >= 0.6 is 0 Å². The third-order valence-corrected chi connectivity index (χ3v) is 2.60. The second kappa shape index (κ2) is 4.07. The summed E-state index contributed by atoms with van der Waals surface area (Å²) < 4.78 is 120. The number of hydrogen-bond donors (Lipinski definition) is 0. The van der Waals surface area contributed by atoms with Gasteiger partial charge in [0.25, 0.3) is 0 Å². The van der Waals surface area contributed by atoms with E-state index in [9.17, 15) is 43.0 Å². The summed E-state index contributed by atoms with van der Waals surface area (Å²) in [5.41, 5.74) is -2.98. The van der Waals surface area contributed by atoms with Crippen LogP contribution in [0.4, 0.5) is 34.6 Å². The van der Waals surface area contributed by atoms with Gasteiger partial charge in [-0.15, -0.1) is 3.89 Å². The molecule has 11 heteroatoms. The summed E-state index contributed by atoms with van der Waals surface area (Å²) in [6, 6.07) is 0. The van der Waals surface area contributed by atoms with Crippen LogP contribution in [0, 0.1) is 23.3 Å². The monoisotopic (exact) mass is 300 g/mol. The third kappa shape index (κ3) is 2.26. The van der Waals surface area contributed by atoms with Crippen LogP contribution in [0.15, 0.2) is 4.90 Å². The molecule has 18 heavy (non-hydrogen) atoms. The maximum atomic E-state index is 12.8. The van der Waals surface area contributed by atoms with Crippen molar-refractivity contribution in [3.63, 3.8) is 0 Å². The summed E-state index contributed by atoms with van der Waals surface area (Å²) in [4.78, 5) is -2.74. The lowest BCUT2D eigenvalue weighted by Crippen LogP contribution is -2.18. The van der Waals surface area contributed by atoms with Crippen LogP contribution in [0.2, 0.25) is 0 Å². The first-order chi connectivity index (χ1) is 7.89. The van der Waals surface area contributed by atoms with Crippen molar-refractivity contribution in [1.82, 2.24) is 0 Å². The molecule has 0 atom stereocenters. The molecular formula is C7F8O2S. The van der Waals surface area contributed by atoms with E-state index >= 15 is 0 Å². The lowest BCUT2D eigenvalue weighted by Gasteiger charge is -2.12. The van der Waals surface area contributed by atoms with Gasteiger partial charge in [-0.05, 0) is 0 Å². The Hall–Kier alpha value is -1.39. The van der Waals surface area contributed by atoms with Crippen LogP contribution in [0.5, 0.6) is 0 Å². The predicted octanol–water partition coefficient (Wildman–Crippen LogP) is 2.92. The SMILES string of the molecule is O=S(=O)(F)c1c(F)c(F)c(C(F)(F)F)c(F)c1F. The summed E-state index contributed by atoms with van der Waals surface area (Å²) in [5, 5.41) is 0. The Bertz CT molecular complexity index is 574. The highest BCUT2D eigenvalue weighted by molar-refractivity contribution is 7.86. The number of alkyl halides is 3. The molecule has 0 radical (unpaired) electrons. The van der Waals surface area contributed by atoms with E-state index in [1.165, 1.54) is 0 Å². The van der Waals surface area contributed by atoms with Gasteiger partial charge in [-0.3, -0.25) is 0 Å². The van der Waals surface area contributed by atoms with Crippen molar-refractivity contribution in [1.29, 1.82) is 0 Å². The molecule has 0 heterocycles. The molecule has 0 aliphatic carbocycles. The zero-order chi connectivity index (χ0) is 14.5. The molecule has 2 nitrogen and oxygen atoms in total. The van der Waals surface area contributed by atoms with Crippen molar-refractivity contribution in [2.45, 2.75) is 11.1 Å². The number of halogens is 8. The van der Waals surface area contributed by atoms with Gasteiger partial charge < -0.3 is 0 Å². The Morgan fingerprint density at radius 1 is 0.778 bits per heavy atom. The maximum absolute atomic E-state index is 12.8. The maximum Gasteiger partial charge on any atom is 0.422 e. The molecule has 1 aromatic rings. The molecule has 0 spiro atoms. The van der Waals surface area contributed by atoms with E-state index in [1.807, 2.05) is 0 Å². The third-order valence-electron chi connectivity index (χ3n) is 1.75. The lowest BCUT2D eigenvalue weighted by molar-refractivity contribution is -0.143. The standard InChI is InChI=1S/C7F8O2S/c8-2-1(7(12,13)14)3(9)5(11)6(4(2)10)18(15,16)17. The zero-order valence-corrected chi connectivity index (χ0v) is 8.56. The lowest BCUT2D eigenvalue weighted by atomic mass is 10.1. The number of hydrogen-bond acceptors (Lipinski definition) is 2. The molecule has 0 unspecified atom stereocenters. The van der Waals surface area contributed by atoms with Crippen LogP contribution in [-0.4, -0.2) is 8.42 Å². The van der Waals surface area contributed by atoms with Gasteiger partial charge in [0.1, 0.15) is 5.56 Å². The van der Waals surface area contributed by atoms with Crippen molar-refractivity contribution in [3.05, 3.63) is 28.8 Å². The van der Waals surface area contributed by atoms with Crippen LogP contribution in [0.25, 0.3) is 0 Å². The quantitative estimate of drug-likeness (QED) is 0.454. The van der Waals surface area contributed by atoms with Crippen LogP contribution in [0.1, 0.15) is 5.56 Å². The molecule has 0 aromatic heterocycles. The van der Waals surface area contributed by atoms with E-state index in [4.69, 9.17) is 0 Å². The van der Waals surface area contributed by atoms with E-state index in [1.54, 1.807) is 0 Å². The van der Waals surface area contributed by atoms with Crippen LogP contribution < -0.4 is 0 Å². The fraction of sp³-hybridized carbons (Fsp3) is 0.143. The minimum atomic E-state index is -6.27. The molecule has 0 saturated carbocycles. The van der Waals surface area contributed by atoms with Gasteiger partial charge in [-0.2, -0.15) is 21.6 Å². The summed E-state index contributed by atoms with van der Waals surface area (Å²) in [7, 11) is -6.27. The minimum absolute atomic E-state index is 2.74. The Kier molecular flexibility index (Phi) is 3.32. The normalized spacial score (nSPS) is 12.9. The molecule has 0 fully saturated rings. The van der Waals surface area contributed by atoms with Gasteiger partial charge in [0, 0.05) is 0 Å². The fourth-order valence-corrected chi connectivity index (χ4v) is 1.68. The molecule has 0 saturated heterocycles. The first-order valence-corrected chi connectivity index (χ1v) is 5.15. The predicted molar refractivity (Wildman–Crippen MR) is 39.6 cm³/mol.